The molecular weight excluding hydrogens is 440 g/mol. The number of amides is 2. The van der Waals surface area contributed by atoms with E-state index < -0.39 is 5.97 Å². The fourth-order valence-electron chi connectivity index (χ4n) is 3.50. The largest absolute Gasteiger partial charge is 0.496 e. The topological polar surface area (TPSA) is 105 Å². The van der Waals surface area contributed by atoms with Crippen molar-refractivity contribution in [2.75, 3.05) is 19.4 Å². The predicted molar refractivity (Wildman–Crippen MR) is 131 cm³/mol. The van der Waals surface area contributed by atoms with Gasteiger partial charge in [0.05, 0.1) is 25.1 Å². The number of hydrogen-bond donors (Lipinski definition) is 4. The van der Waals surface area contributed by atoms with Gasteiger partial charge in [-0.15, -0.1) is 0 Å². The minimum atomic E-state index is -1.03. The summed E-state index contributed by atoms with van der Waals surface area (Å²) >= 11 is 4.27. The Hall–Kier alpha value is -3.00. The Balaban J connectivity index is 1.94. The predicted octanol–water partition coefficient (Wildman–Crippen LogP) is 3.26. The molecule has 0 aliphatic rings. The quantitative estimate of drug-likeness (QED) is 0.335. The number of aromatic carboxylic acids is 1. The summed E-state index contributed by atoms with van der Waals surface area (Å²) < 4.78 is 5.41. The highest BCUT2D eigenvalue weighted by Crippen LogP contribution is 2.27. The van der Waals surface area contributed by atoms with Gasteiger partial charge in [-0.25, -0.2) is 4.79 Å². The van der Waals surface area contributed by atoms with Gasteiger partial charge < -0.3 is 20.5 Å². The first-order chi connectivity index (χ1) is 15.9. The maximum absolute atomic E-state index is 12.5. The van der Waals surface area contributed by atoms with Crippen LogP contribution in [0.25, 0.3) is 0 Å². The van der Waals surface area contributed by atoms with E-state index in [1.165, 1.54) is 7.11 Å². The molecule has 178 valence electrons. The Bertz CT molecular complexity index is 949. The first kappa shape index (κ1) is 26.3. The second-order valence-corrected chi connectivity index (χ2v) is 8.16. The molecule has 2 rings (SSSR count). The summed E-state index contributed by atoms with van der Waals surface area (Å²) in [4.78, 5) is 36.5. The monoisotopic (exact) mass is 472 g/mol. The molecule has 2 aromatic carbocycles. The molecule has 1 unspecified atom stereocenters. The van der Waals surface area contributed by atoms with Crippen LogP contribution in [0.5, 0.6) is 5.75 Å². The maximum atomic E-state index is 12.5. The zero-order valence-corrected chi connectivity index (χ0v) is 20.0. The Morgan fingerprint density at radius 3 is 2.42 bits per heavy atom. The lowest BCUT2D eigenvalue weighted by Crippen LogP contribution is -2.40. The van der Waals surface area contributed by atoms with E-state index >= 15 is 0 Å². The summed E-state index contributed by atoms with van der Waals surface area (Å²) in [5, 5.41) is 15.0. The van der Waals surface area contributed by atoms with Crippen molar-refractivity contribution in [3.8, 4) is 5.75 Å². The highest BCUT2D eigenvalue weighted by Gasteiger charge is 2.19. The van der Waals surface area contributed by atoms with Crippen LogP contribution >= 0.6 is 12.6 Å². The summed E-state index contributed by atoms with van der Waals surface area (Å²) in [6, 6.07) is 12.9. The molecule has 1 atom stereocenters. The zero-order valence-electron chi connectivity index (χ0n) is 19.1. The van der Waals surface area contributed by atoms with Gasteiger partial charge in [0.25, 0.3) is 0 Å². The summed E-state index contributed by atoms with van der Waals surface area (Å²) in [7, 11) is 1.50. The van der Waals surface area contributed by atoms with E-state index in [1.807, 2.05) is 37.3 Å². The van der Waals surface area contributed by atoms with Gasteiger partial charge in [-0.05, 0) is 42.5 Å². The second-order valence-electron chi connectivity index (χ2n) is 7.80. The van der Waals surface area contributed by atoms with Gasteiger partial charge >= 0.3 is 5.97 Å². The van der Waals surface area contributed by atoms with Crippen molar-refractivity contribution in [2.45, 2.75) is 39.2 Å². The van der Waals surface area contributed by atoms with Crippen molar-refractivity contribution in [2.24, 2.45) is 5.92 Å². The third-order valence-corrected chi connectivity index (χ3v) is 5.77. The minimum Gasteiger partial charge on any atom is -0.496 e. The average molecular weight is 473 g/mol. The SMILES string of the molecule is CCCCc1c(OC)cc(CNC(=O)CNC(=O)C(CS)Cc2ccccc2)cc1C(=O)O. The number of ether oxygens (including phenoxy) is 1. The molecule has 8 heteroatoms. The van der Waals surface area contributed by atoms with Gasteiger partial charge in [0, 0.05) is 17.9 Å². The van der Waals surface area contributed by atoms with Crippen LogP contribution in [0.1, 0.15) is 46.8 Å². The Morgan fingerprint density at radius 1 is 1.09 bits per heavy atom. The normalized spacial score (nSPS) is 11.5. The lowest BCUT2D eigenvalue weighted by molar-refractivity contribution is -0.128. The first-order valence-corrected chi connectivity index (χ1v) is 11.6. The molecule has 0 bridgehead atoms. The van der Waals surface area contributed by atoms with Gasteiger partial charge in [-0.2, -0.15) is 12.6 Å². The van der Waals surface area contributed by atoms with E-state index in [0.717, 1.165) is 18.4 Å². The maximum Gasteiger partial charge on any atom is 0.336 e. The highest BCUT2D eigenvalue weighted by molar-refractivity contribution is 7.80. The molecule has 2 aromatic rings. The molecule has 0 radical (unpaired) electrons. The first-order valence-electron chi connectivity index (χ1n) is 11.0. The summed E-state index contributed by atoms with van der Waals surface area (Å²) in [5.74, 6) is -1.12. The van der Waals surface area contributed by atoms with Crippen molar-refractivity contribution in [1.82, 2.24) is 10.6 Å². The van der Waals surface area contributed by atoms with Crippen LogP contribution in [0.3, 0.4) is 0 Å². The number of nitrogens with one attached hydrogen (secondary N) is 2. The van der Waals surface area contributed by atoms with E-state index in [4.69, 9.17) is 4.74 Å². The van der Waals surface area contributed by atoms with Crippen LogP contribution in [-0.2, 0) is 29.0 Å². The van der Waals surface area contributed by atoms with Gasteiger partial charge in [-0.3, -0.25) is 9.59 Å². The van der Waals surface area contributed by atoms with Crippen LogP contribution < -0.4 is 15.4 Å². The van der Waals surface area contributed by atoms with E-state index in [-0.39, 0.29) is 36.4 Å². The lowest BCUT2D eigenvalue weighted by Gasteiger charge is -2.16. The minimum absolute atomic E-state index is 0.124. The van der Waals surface area contributed by atoms with E-state index in [0.29, 0.717) is 35.5 Å². The van der Waals surface area contributed by atoms with E-state index in [9.17, 15) is 19.5 Å². The Labute approximate surface area is 200 Å². The van der Waals surface area contributed by atoms with Gasteiger partial charge in [-0.1, -0.05) is 43.7 Å². The number of rotatable bonds is 13. The molecule has 0 aliphatic carbocycles. The molecular formula is C25H32N2O5S. The number of hydrogen-bond acceptors (Lipinski definition) is 5. The lowest BCUT2D eigenvalue weighted by atomic mass is 9.98. The molecule has 0 saturated heterocycles. The number of benzene rings is 2. The molecule has 0 fully saturated rings. The van der Waals surface area contributed by atoms with E-state index in [2.05, 4.69) is 23.3 Å². The van der Waals surface area contributed by atoms with Crippen molar-refractivity contribution in [3.63, 3.8) is 0 Å². The molecule has 0 aromatic heterocycles. The number of methoxy groups -OCH3 is 1. The van der Waals surface area contributed by atoms with Gasteiger partial charge in [0.15, 0.2) is 0 Å². The van der Waals surface area contributed by atoms with Gasteiger partial charge in [0.2, 0.25) is 11.8 Å². The molecule has 33 heavy (non-hydrogen) atoms. The second kappa shape index (κ2) is 13.5. The average Bonchev–Trinajstić information content (AvgIpc) is 2.83. The number of unbranched alkanes of at least 4 members (excludes halogenated alkanes) is 1. The molecule has 0 aliphatic heterocycles. The number of carboxylic acids is 1. The fraction of sp³-hybridized carbons (Fsp3) is 0.400. The number of carbonyl (C=O) groups excluding carboxylic acids is 2. The van der Waals surface area contributed by atoms with Crippen molar-refractivity contribution < 1.29 is 24.2 Å². The third kappa shape index (κ3) is 8.13. The number of carboxylic acid groups (broad SMARTS) is 1. The van der Waals surface area contributed by atoms with Crippen molar-refractivity contribution >= 4 is 30.4 Å². The smallest absolute Gasteiger partial charge is 0.336 e. The zero-order chi connectivity index (χ0) is 24.2. The van der Waals surface area contributed by atoms with Crippen molar-refractivity contribution in [3.05, 3.63) is 64.7 Å². The van der Waals surface area contributed by atoms with E-state index in [1.54, 1.807) is 12.1 Å². The van der Waals surface area contributed by atoms with Gasteiger partial charge in [0.1, 0.15) is 5.75 Å². The number of thiol groups is 1. The molecule has 2 amide bonds. The van der Waals surface area contributed by atoms with Crippen LogP contribution in [0, 0.1) is 5.92 Å². The Kier molecular flexibility index (Phi) is 10.8. The molecule has 0 spiro atoms. The van der Waals surface area contributed by atoms with Crippen LogP contribution in [0.15, 0.2) is 42.5 Å². The van der Waals surface area contributed by atoms with Crippen LogP contribution in [0.2, 0.25) is 0 Å². The summed E-state index contributed by atoms with van der Waals surface area (Å²) in [6.45, 7) is 1.99. The molecule has 3 N–H and O–H groups in total. The highest BCUT2D eigenvalue weighted by atomic mass is 32.1. The van der Waals surface area contributed by atoms with Crippen LogP contribution in [0.4, 0.5) is 0 Å². The fourth-order valence-corrected chi connectivity index (χ4v) is 3.80. The Morgan fingerprint density at radius 2 is 1.82 bits per heavy atom. The van der Waals surface area contributed by atoms with Crippen LogP contribution in [-0.4, -0.2) is 42.3 Å². The summed E-state index contributed by atoms with van der Waals surface area (Å²) in [6.07, 6.45) is 2.93. The molecule has 0 saturated carbocycles. The molecule has 7 nitrogen and oxygen atoms in total. The third-order valence-electron chi connectivity index (χ3n) is 5.33. The standard InChI is InChI=1S/C25H32N2O5S/c1-3-4-10-20-21(25(30)31)12-18(13-22(20)32-2)14-26-23(28)15-27-24(29)19(16-33)11-17-8-6-5-7-9-17/h5-9,12-13,19,33H,3-4,10-11,14-16H2,1-2H3,(H,26,28)(H,27,29)(H,30,31). The summed E-state index contributed by atoms with van der Waals surface area (Å²) in [5.41, 5.74) is 2.48. The molecule has 0 heterocycles. The van der Waals surface area contributed by atoms with Crippen molar-refractivity contribution in [1.29, 1.82) is 0 Å². The number of carbonyl (C=O) groups is 3.